The molecule has 0 fully saturated rings. The van der Waals surface area contributed by atoms with Crippen LogP contribution in [0.2, 0.25) is 0 Å². The molecule has 0 aliphatic rings. The van der Waals surface area contributed by atoms with Crippen LogP contribution in [0.15, 0.2) is 60.2 Å². The van der Waals surface area contributed by atoms with Gasteiger partial charge in [-0.1, -0.05) is 36.4 Å². The number of carboxylic acids is 1. The molecule has 35 heavy (non-hydrogen) atoms. The molecule has 2 heterocycles. The van der Waals surface area contributed by atoms with Gasteiger partial charge in [0.15, 0.2) is 5.13 Å². The van der Waals surface area contributed by atoms with Crippen LogP contribution in [0.1, 0.15) is 41.0 Å². The normalized spacial score (nSPS) is 12.1. The average Bonchev–Trinajstić information content (AvgIpc) is 3.31. The Hall–Kier alpha value is -4.32. The number of amides is 4. The first-order valence-electron chi connectivity index (χ1n) is 10.6. The first kappa shape index (κ1) is 25.3. The van der Waals surface area contributed by atoms with Crippen LogP contribution in [-0.4, -0.2) is 44.9 Å². The van der Waals surface area contributed by atoms with Gasteiger partial charge in [-0.05, 0) is 24.1 Å². The van der Waals surface area contributed by atoms with Gasteiger partial charge in [0.2, 0.25) is 5.91 Å². The molecule has 0 aliphatic heterocycles. The van der Waals surface area contributed by atoms with Crippen molar-refractivity contribution in [2.75, 3.05) is 5.32 Å². The highest BCUT2D eigenvalue weighted by Gasteiger charge is 2.23. The van der Waals surface area contributed by atoms with E-state index >= 15 is 0 Å². The summed E-state index contributed by atoms with van der Waals surface area (Å²) in [6.07, 6.45) is 2.67. The van der Waals surface area contributed by atoms with Crippen molar-refractivity contribution in [3.8, 4) is 0 Å². The lowest BCUT2D eigenvalue weighted by molar-refractivity contribution is -0.137. The van der Waals surface area contributed by atoms with Crippen LogP contribution in [0.5, 0.6) is 0 Å². The van der Waals surface area contributed by atoms with Crippen molar-refractivity contribution in [2.24, 2.45) is 0 Å². The predicted octanol–water partition coefficient (Wildman–Crippen LogP) is 2.31. The quantitative estimate of drug-likeness (QED) is 0.288. The molecule has 5 N–H and O–H groups in total. The molecule has 0 radical (unpaired) electrons. The molecule has 0 bridgehead atoms. The van der Waals surface area contributed by atoms with E-state index in [1.54, 1.807) is 12.1 Å². The summed E-state index contributed by atoms with van der Waals surface area (Å²) in [5.74, 6) is -2.27. The van der Waals surface area contributed by atoms with E-state index in [1.807, 2.05) is 30.3 Å². The zero-order chi connectivity index (χ0) is 25.2. The second-order valence-electron chi connectivity index (χ2n) is 7.47. The van der Waals surface area contributed by atoms with Crippen molar-refractivity contribution in [3.63, 3.8) is 0 Å². The number of aromatic nitrogens is 2. The van der Waals surface area contributed by atoms with Crippen molar-refractivity contribution in [1.82, 2.24) is 25.9 Å². The van der Waals surface area contributed by atoms with E-state index in [4.69, 9.17) is 5.11 Å². The molecule has 11 nitrogen and oxygen atoms in total. The van der Waals surface area contributed by atoms with Crippen LogP contribution < -0.4 is 21.3 Å². The lowest BCUT2D eigenvalue weighted by atomic mass is 10.1. The monoisotopic (exact) mass is 496 g/mol. The number of carbonyl (C=O) groups excluding carboxylic acids is 3. The van der Waals surface area contributed by atoms with Crippen molar-refractivity contribution in [3.05, 3.63) is 77.1 Å². The standard InChI is InChI=1S/C23H24N6O5S/c1-14(20(32)27-17(10-19(30)31)16-8-5-9-24-12-16)26-21(33)18-13-35-23(28-18)29-22(34)25-11-15-6-3-2-4-7-15/h2-9,12-14,17H,10-11H2,1H3,(H,26,33)(H,27,32)(H,30,31)(H2,25,28,29,34)/t14-,17?/m0/s1. The number of benzene rings is 1. The van der Waals surface area contributed by atoms with Crippen molar-refractivity contribution >= 4 is 40.3 Å². The van der Waals surface area contributed by atoms with Crippen LogP contribution in [-0.2, 0) is 16.1 Å². The molecular weight excluding hydrogens is 472 g/mol. The lowest BCUT2D eigenvalue weighted by Gasteiger charge is -2.20. The van der Waals surface area contributed by atoms with Gasteiger partial charge >= 0.3 is 12.0 Å². The van der Waals surface area contributed by atoms with Gasteiger partial charge in [-0.15, -0.1) is 11.3 Å². The number of rotatable bonds is 10. The predicted molar refractivity (Wildman–Crippen MR) is 129 cm³/mol. The summed E-state index contributed by atoms with van der Waals surface area (Å²) < 4.78 is 0. The molecule has 0 aliphatic carbocycles. The molecule has 0 saturated heterocycles. The van der Waals surface area contributed by atoms with Crippen molar-refractivity contribution in [1.29, 1.82) is 0 Å². The zero-order valence-electron chi connectivity index (χ0n) is 18.7. The van der Waals surface area contributed by atoms with Crippen LogP contribution in [0.3, 0.4) is 0 Å². The Kier molecular flexibility index (Phi) is 8.84. The second-order valence-corrected chi connectivity index (χ2v) is 8.33. The Morgan fingerprint density at radius 1 is 1.06 bits per heavy atom. The number of anilines is 1. The Morgan fingerprint density at radius 3 is 2.51 bits per heavy atom. The first-order chi connectivity index (χ1) is 16.8. The van der Waals surface area contributed by atoms with Gasteiger partial charge in [-0.25, -0.2) is 9.78 Å². The molecule has 2 aromatic heterocycles. The van der Waals surface area contributed by atoms with Crippen molar-refractivity contribution < 1.29 is 24.3 Å². The Balaban J connectivity index is 1.52. The maximum atomic E-state index is 12.6. The molecule has 1 unspecified atom stereocenters. The third-order valence-corrected chi connectivity index (χ3v) is 5.53. The topological polar surface area (TPSA) is 162 Å². The summed E-state index contributed by atoms with van der Waals surface area (Å²) >= 11 is 1.06. The maximum Gasteiger partial charge on any atom is 0.321 e. The summed E-state index contributed by atoms with van der Waals surface area (Å²) in [4.78, 5) is 56.4. The van der Waals surface area contributed by atoms with Gasteiger partial charge in [-0.2, -0.15) is 0 Å². The minimum atomic E-state index is -1.09. The van der Waals surface area contributed by atoms with E-state index in [-0.39, 0.29) is 17.2 Å². The summed E-state index contributed by atoms with van der Waals surface area (Å²) in [5, 5.41) is 21.2. The number of nitrogens with one attached hydrogen (secondary N) is 4. The van der Waals surface area contributed by atoms with E-state index in [2.05, 4.69) is 31.2 Å². The highest BCUT2D eigenvalue weighted by molar-refractivity contribution is 7.14. The number of pyridine rings is 1. The number of hydrogen-bond donors (Lipinski definition) is 5. The third-order valence-electron chi connectivity index (χ3n) is 4.78. The number of urea groups is 1. The molecule has 182 valence electrons. The van der Waals surface area contributed by atoms with Gasteiger partial charge < -0.3 is 21.1 Å². The lowest BCUT2D eigenvalue weighted by Crippen LogP contribution is -2.46. The number of hydrogen-bond acceptors (Lipinski definition) is 7. The highest BCUT2D eigenvalue weighted by atomic mass is 32.1. The Bertz CT molecular complexity index is 1170. The molecule has 2 atom stereocenters. The van der Waals surface area contributed by atoms with E-state index in [1.165, 1.54) is 24.7 Å². The zero-order valence-corrected chi connectivity index (χ0v) is 19.5. The van der Waals surface area contributed by atoms with Crippen molar-refractivity contribution in [2.45, 2.75) is 32.0 Å². The fourth-order valence-corrected chi connectivity index (χ4v) is 3.68. The fourth-order valence-electron chi connectivity index (χ4n) is 3.00. The number of aliphatic carboxylic acids is 1. The van der Waals surface area contributed by atoms with Gasteiger partial charge in [0.1, 0.15) is 11.7 Å². The smallest absolute Gasteiger partial charge is 0.321 e. The summed E-state index contributed by atoms with van der Waals surface area (Å²) in [6, 6.07) is 10.4. The first-order valence-corrected chi connectivity index (χ1v) is 11.5. The molecular formula is C23H24N6O5S. The highest BCUT2D eigenvalue weighted by Crippen LogP contribution is 2.17. The van der Waals surface area contributed by atoms with Gasteiger partial charge in [0.05, 0.1) is 12.5 Å². The summed E-state index contributed by atoms with van der Waals surface area (Å²) in [7, 11) is 0. The maximum absolute atomic E-state index is 12.6. The molecule has 4 amide bonds. The summed E-state index contributed by atoms with van der Waals surface area (Å²) in [6.45, 7) is 1.80. The number of nitrogens with zero attached hydrogens (tertiary/aromatic N) is 2. The average molecular weight is 497 g/mol. The van der Waals surface area contributed by atoms with Gasteiger partial charge in [0.25, 0.3) is 5.91 Å². The van der Waals surface area contributed by atoms with Crippen LogP contribution in [0, 0.1) is 0 Å². The molecule has 0 spiro atoms. The molecule has 12 heteroatoms. The number of carboxylic acid groups (broad SMARTS) is 1. The van der Waals surface area contributed by atoms with E-state index in [9.17, 15) is 19.2 Å². The summed E-state index contributed by atoms with van der Waals surface area (Å²) in [5.41, 5.74) is 1.49. The third kappa shape index (κ3) is 7.89. The largest absolute Gasteiger partial charge is 0.481 e. The Labute approximate surface area is 205 Å². The van der Waals surface area contributed by atoms with Gasteiger partial charge in [0, 0.05) is 24.3 Å². The van der Waals surface area contributed by atoms with Gasteiger partial charge in [-0.3, -0.25) is 24.7 Å². The minimum Gasteiger partial charge on any atom is -0.481 e. The fraction of sp³-hybridized carbons (Fsp3) is 0.217. The van der Waals surface area contributed by atoms with E-state index < -0.39 is 35.9 Å². The number of carbonyl (C=O) groups is 4. The minimum absolute atomic E-state index is 0.0300. The Morgan fingerprint density at radius 2 is 1.83 bits per heavy atom. The molecule has 3 rings (SSSR count). The molecule has 0 saturated carbocycles. The van der Waals surface area contributed by atoms with E-state index in [0.717, 1.165) is 16.9 Å². The van der Waals surface area contributed by atoms with Crippen LogP contribution in [0.4, 0.5) is 9.93 Å². The SMILES string of the molecule is C[C@H](NC(=O)c1csc(NC(=O)NCc2ccccc2)n1)C(=O)NC(CC(=O)O)c1cccnc1. The van der Waals surface area contributed by atoms with E-state index in [0.29, 0.717) is 12.1 Å². The second kappa shape index (κ2) is 12.2. The van der Waals surface area contributed by atoms with Crippen LogP contribution in [0.25, 0.3) is 0 Å². The van der Waals surface area contributed by atoms with Crippen LogP contribution >= 0.6 is 11.3 Å². The number of thiazole rings is 1. The molecule has 3 aromatic rings. The molecule has 1 aromatic carbocycles.